The lowest BCUT2D eigenvalue weighted by Crippen LogP contribution is -2.20. The standard InChI is InChI=1S/C14H13FN2O2/c1-9-5-6-10(8-16-9)13(14(18)19)17-12-4-2-3-11(15)7-12/h2-8,13,17H,1H3,(H,18,19). The molecule has 2 rings (SSSR count). The molecule has 1 aromatic heterocycles. The van der Waals surface area contributed by atoms with Crippen molar-refractivity contribution in [1.29, 1.82) is 0 Å². The molecule has 19 heavy (non-hydrogen) atoms. The van der Waals surface area contributed by atoms with E-state index < -0.39 is 17.8 Å². The maximum atomic E-state index is 13.1. The zero-order valence-corrected chi connectivity index (χ0v) is 10.3. The molecule has 2 N–H and O–H groups in total. The van der Waals surface area contributed by atoms with Gasteiger partial charge >= 0.3 is 5.97 Å². The Hall–Kier alpha value is -2.43. The third-order valence-electron chi connectivity index (χ3n) is 2.65. The van der Waals surface area contributed by atoms with Gasteiger partial charge in [-0.1, -0.05) is 12.1 Å². The summed E-state index contributed by atoms with van der Waals surface area (Å²) in [5.41, 5.74) is 1.73. The average Bonchev–Trinajstić information content (AvgIpc) is 2.37. The number of benzene rings is 1. The molecular formula is C14H13FN2O2. The fourth-order valence-corrected chi connectivity index (χ4v) is 1.68. The number of carboxylic acid groups (broad SMARTS) is 1. The van der Waals surface area contributed by atoms with Crippen LogP contribution in [0.3, 0.4) is 0 Å². The van der Waals surface area contributed by atoms with Crippen molar-refractivity contribution in [2.45, 2.75) is 13.0 Å². The second kappa shape index (κ2) is 5.48. The van der Waals surface area contributed by atoms with Gasteiger partial charge in [0.25, 0.3) is 0 Å². The minimum Gasteiger partial charge on any atom is -0.479 e. The summed E-state index contributed by atoms with van der Waals surface area (Å²) in [5.74, 6) is -1.47. The highest BCUT2D eigenvalue weighted by Crippen LogP contribution is 2.20. The van der Waals surface area contributed by atoms with Crippen molar-refractivity contribution in [3.63, 3.8) is 0 Å². The maximum absolute atomic E-state index is 13.1. The van der Waals surface area contributed by atoms with E-state index in [-0.39, 0.29) is 0 Å². The van der Waals surface area contributed by atoms with E-state index in [1.165, 1.54) is 24.4 Å². The highest BCUT2D eigenvalue weighted by molar-refractivity contribution is 5.79. The molecule has 4 nitrogen and oxygen atoms in total. The van der Waals surface area contributed by atoms with Gasteiger partial charge in [0, 0.05) is 23.1 Å². The monoisotopic (exact) mass is 260 g/mol. The molecule has 0 saturated heterocycles. The molecule has 5 heteroatoms. The summed E-state index contributed by atoms with van der Waals surface area (Å²) < 4.78 is 13.1. The molecule has 1 heterocycles. The van der Waals surface area contributed by atoms with Crippen LogP contribution in [-0.4, -0.2) is 16.1 Å². The van der Waals surface area contributed by atoms with Gasteiger partial charge in [0.2, 0.25) is 0 Å². The third kappa shape index (κ3) is 3.28. The molecule has 98 valence electrons. The van der Waals surface area contributed by atoms with Crippen LogP contribution < -0.4 is 5.32 Å². The van der Waals surface area contributed by atoms with Gasteiger partial charge in [0.05, 0.1) is 0 Å². The highest BCUT2D eigenvalue weighted by atomic mass is 19.1. The molecule has 2 aromatic rings. The molecule has 0 aliphatic heterocycles. The number of pyridine rings is 1. The largest absolute Gasteiger partial charge is 0.479 e. The highest BCUT2D eigenvalue weighted by Gasteiger charge is 2.19. The summed E-state index contributed by atoms with van der Waals surface area (Å²) in [6, 6.07) is 8.14. The molecule has 0 amide bonds. The first-order valence-electron chi connectivity index (χ1n) is 5.74. The molecule has 1 atom stereocenters. The Kier molecular flexibility index (Phi) is 3.75. The minimum absolute atomic E-state index is 0.410. The Morgan fingerprint density at radius 1 is 1.37 bits per heavy atom. The first-order valence-corrected chi connectivity index (χ1v) is 5.74. The van der Waals surface area contributed by atoms with Crippen LogP contribution >= 0.6 is 0 Å². The van der Waals surface area contributed by atoms with Crippen LogP contribution in [0.15, 0.2) is 42.6 Å². The van der Waals surface area contributed by atoms with Gasteiger partial charge in [-0.25, -0.2) is 9.18 Å². The number of halogens is 1. The van der Waals surface area contributed by atoms with Crippen molar-refractivity contribution in [3.05, 3.63) is 59.7 Å². The zero-order valence-electron chi connectivity index (χ0n) is 10.3. The summed E-state index contributed by atoms with van der Waals surface area (Å²) in [6.45, 7) is 1.82. The van der Waals surface area contributed by atoms with Gasteiger partial charge in [-0.05, 0) is 31.2 Å². The van der Waals surface area contributed by atoms with Gasteiger partial charge in [-0.3, -0.25) is 4.98 Å². The van der Waals surface area contributed by atoms with Crippen molar-refractivity contribution in [1.82, 2.24) is 4.98 Å². The number of nitrogens with zero attached hydrogens (tertiary/aromatic N) is 1. The number of carbonyl (C=O) groups is 1. The second-order valence-corrected chi connectivity index (χ2v) is 4.16. The number of aliphatic carboxylic acids is 1. The molecule has 0 bridgehead atoms. The fourth-order valence-electron chi connectivity index (χ4n) is 1.68. The summed E-state index contributed by atoms with van der Waals surface area (Å²) in [7, 11) is 0. The van der Waals surface area contributed by atoms with E-state index >= 15 is 0 Å². The number of carboxylic acids is 1. The molecule has 1 unspecified atom stereocenters. The van der Waals surface area contributed by atoms with Gasteiger partial charge < -0.3 is 10.4 Å². The average molecular weight is 260 g/mol. The van der Waals surface area contributed by atoms with E-state index in [0.717, 1.165) is 5.69 Å². The van der Waals surface area contributed by atoms with Gasteiger partial charge in [-0.2, -0.15) is 0 Å². The van der Waals surface area contributed by atoms with E-state index in [1.54, 1.807) is 18.2 Å². The summed E-state index contributed by atoms with van der Waals surface area (Å²) in [6.07, 6.45) is 1.50. The number of aromatic nitrogens is 1. The van der Waals surface area contributed by atoms with Crippen molar-refractivity contribution in [2.75, 3.05) is 5.32 Å². The predicted octanol–water partition coefficient (Wildman–Crippen LogP) is 2.77. The number of hydrogen-bond acceptors (Lipinski definition) is 3. The SMILES string of the molecule is Cc1ccc(C(Nc2cccc(F)c2)C(=O)O)cn1. The fraction of sp³-hybridized carbons (Fsp3) is 0.143. The summed E-state index contributed by atoms with van der Waals surface area (Å²) >= 11 is 0. The topological polar surface area (TPSA) is 62.2 Å². The predicted molar refractivity (Wildman–Crippen MR) is 69.4 cm³/mol. The zero-order chi connectivity index (χ0) is 13.8. The van der Waals surface area contributed by atoms with E-state index in [0.29, 0.717) is 11.3 Å². The van der Waals surface area contributed by atoms with Crippen LogP contribution in [0.2, 0.25) is 0 Å². The van der Waals surface area contributed by atoms with Crippen molar-refractivity contribution in [3.8, 4) is 0 Å². The number of rotatable bonds is 4. The Bertz CT molecular complexity index is 584. The lowest BCUT2D eigenvalue weighted by Gasteiger charge is -2.16. The van der Waals surface area contributed by atoms with E-state index in [1.807, 2.05) is 6.92 Å². The smallest absolute Gasteiger partial charge is 0.330 e. The van der Waals surface area contributed by atoms with Gasteiger partial charge in [0.15, 0.2) is 6.04 Å². The number of nitrogens with one attached hydrogen (secondary N) is 1. The number of aryl methyl sites for hydroxylation is 1. The van der Waals surface area contributed by atoms with Crippen molar-refractivity contribution < 1.29 is 14.3 Å². The Labute approximate surface area is 109 Å². The maximum Gasteiger partial charge on any atom is 0.330 e. The molecule has 0 aliphatic rings. The molecule has 0 spiro atoms. The van der Waals surface area contributed by atoms with Crippen molar-refractivity contribution in [2.24, 2.45) is 0 Å². The summed E-state index contributed by atoms with van der Waals surface area (Å²) in [4.78, 5) is 15.4. The van der Waals surface area contributed by atoms with Crippen LogP contribution in [-0.2, 0) is 4.79 Å². The minimum atomic E-state index is -1.05. The van der Waals surface area contributed by atoms with E-state index in [9.17, 15) is 14.3 Å². The molecule has 1 aromatic carbocycles. The Morgan fingerprint density at radius 2 is 2.16 bits per heavy atom. The quantitative estimate of drug-likeness (QED) is 0.887. The molecular weight excluding hydrogens is 247 g/mol. The van der Waals surface area contributed by atoms with Crippen LogP contribution in [0.1, 0.15) is 17.3 Å². The molecule has 0 saturated carbocycles. The molecule has 0 aliphatic carbocycles. The summed E-state index contributed by atoms with van der Waals surface area (Å²) in [5, 5.41) is 12.0. The van der Waals surface area contributed by atoms with Crippen LogP contribution in [0, 0.1) is 12.7 Å². The van der Waals surface area contributed by atoms with Crippen LogP contribution in [0.5, 0.6) is 0 Å². The number of anilines is 1. The second-order valence-electron chi connectivity index (χ2n) is 4.16. The first kappa shape index (κ1) is 13.0. The lowest BCUT2D eigenvalue weighted by atomic mass is 10.1. The first-order chi connectivity index (χ1) is 9.06. The van der Waals surface area contributed by atoms with E-state index in [4.69, 9.17) is 0 Å². The van der Waals surface area contributed by atoms with Crippen molar-refractivity contribution >= 4 is 11.7 Å². The molecule has 0 fully saturated rings. The molecule has 0 radical (unpaired) electrons. The van der Waals surface area contributed by atoms with E-state index in [2.05, 4.69) is 10.3 Å². The van der Waals surface area contributed by atoms with Gasteiger partial charge in [-0.15, -0.1) is 0 Å². The van der Waals surface area contributed by atoms with Crippen LogP contribution in [0.25, 0.3) is 0 Å². The third-order valence-corrected chi connectivity index (χ3v) is 2.65. The van der Waals surface area contributed by atoms with Gasteiger partial charge in [0.1, 0.15) is 5.82 Å². The Balaban J connectivity index is 2.26. The number of hydrogen-bond donors (Lipinski definition) is 2. The Morgan fingerprint density at radius 3 is 2.74 bits per heavy atom. The lowest BCUT2D eigenvalue weighted by molar-refractivity contribution is -0.138. The normalized spacial score (nSPS) is 11.9. The van der Waals surface area contributed by atoms with Crippen LogP contribution in [0.4, 0.5) is 10.1 Å².